The molecular formula is C20H21NO2S. The minimum absolute atomic E-state index is 0.124. The van der Waals surface area contributed by atoms with Gasteiger partial charge in [-0.05, 0) is 35.1 Å². The van der Waals surface area contributed by atoms with E-state index in [4.69, 9.17) is 4.74 Å². The van der Waals surface area contributed by atoms with E-state index in [-0.39, 0.29) is 18.1 Å². The Balaban J connectivity index is 1.54. The van der Waals surface area contributed by atoms with E-state index in [1.807, 2.05) is 4.90 Å². The Bertz CT molecular complexity index is 715. The lowest BCUT2D eigenvalue weighted by molar-refractivity contribution is 0.0985. The van der Waals surface area contributed by atoms with E-state index in [1.165, 1.54) is 22.3 Å². The molecule has 1 heterocycles. The summed E-state index contributed by atoms with van der Waals surface area (Å²) in [6, 6.07) is 17.0. The van der Waals surface area contributed by atoms with Crippen molar-refractivity contribution in [1.82, 2.24) is 4.90 Å². The van der Waals surface area contributed by atoms with Crippen LogP contribution in [0.4, 0.5) is 4.79 Å². The van der Waals surface area contributed by atoms with Crippen molar-refractivity contribution in [2.45, 2.75) is 24.8 Å². The van der Waals surface area contributed by atoms with Crippen LogP contribution >= 0.6 is 12.6 Å². The zero-order valence-corrected chi connectivity index (χ0v) is 14.4. The molecule has 2 aromatic carbocycles. The van der Waals surface area contributed by atoms with Gasteiger partial charge in [-0.2, -0.15) is 12.6 Å². The summed E-state index contributed by atoms with van der Waals surface area (Å²) >= 11 is 4.35. The number of hydrogen-bond acceptors (Lipinski definition) is 3. The Labute approximate surface area is 148 Å². The zero-order valence-electron chi connectivity index (χ0n) is 13.5. The van der Waals surface area contributed by atoms with Crippen LogP contribution in [0.25, 0.3) is 11.1 Å². The highest BCUT2D eigenvalue weighted by molar-refractivity contribution is 7.80. The normalized spacial score (nSPS) is 19.2. The predicted molar refractivity (Wildman–Crippen MR) is 98.7 cm³/mol. The van der Waals surface area contributed by atoms with Crippen molar-refractivity contribution in [2.75, 3.05) is 18.9 Å². The molecule has 124 valence electrons. The third kappa shape index (κ3) is 2.59. The summed E-state index contributed by atoms with van der Waals surface area (Å²) in [6.07, 6.45) is 1.86. The fraction of sp³-hybridized carbons (Fsp3) is 0.350. The molecular weight excluding hydrogens is 318 g/mol. The van der Waals surface area contributed by atoms with Gasteiger partial charge in [-0.25, -0.2) is 4.79 Å². The molecule has 4 rings (SSSR count). The standard InChI is InChI=1S/C20H21NO2S/c22-20(21-11-5-6-14(21)13-24)23-12-19-17-9-3-1-7-15(17)16-8-2-4-10-18(16)19/h1-4,7-10,14,19,24H,5-6,11-13H2/t14-/m1/s1. The van der Waals surface area contributed by atoms with Crippen LogP contribution in [0, 0.1) is 0 Å². The summed E-state index contributed by atoms with van der Waals surface area (Å²) in [5, 5.41) is 0. The molecule has 0 spiro atoms. The topological polar surface area (TPSA) is 29.5 Å². The van der Waals surface area contributed by atoms with Crippen molar-refractivity contribution < 1.29 is 9.53 Å². The van der Waals surface area contributed by atoms with E-state index in [2.05, 4.69) is 61.2 Å². The van der Waals surface area contributed by atoms with Gasteiger partial charge in [0.25, 0.3) is 0 Å². The summed E-state index contributed by atoms with van der Waals surface area (Å²) in [5.41, 5.74) is 5.00. The van der Waals surface area contributed by atoms with E-state index >= 15 is 0 Å². The molecule has 0 saturated carbocycles. The van der Waals surface area contributed by atoms with E-state index in [1.54, 1.807) is 0 Å². The molecule has 1 aliphatic carbocycles. The Hall–Kier alpha value is -1.94. The number of benzene rings is 2. The molecule has 1 fully saturated rings. The molecule has 3 nitrogen and oxygen atoms in total. The van der Waals surface area contributed by atoms with Gasteiger partial charge in [0.2, 0.25) is 0 Å². The smallest absolute Gasteiger partial charge is 0.410 e. The van der Waals surface area contributed by atoms with Gasteiger partial charge in [-0.3, -0.25) is 0 Å². The summed E-state index contributed by atoms with van der Waals surface area (Å²) < 4.78 is 5.71. The van der Waals surface area contributed by atoms with Crippen LogP contribution in [0.2, 0.25) is 0 Å². The molecule has 0 aromatic heterocycles. The number of fused-ring (bicyclic) bond motifs is 3. The van der Waals surface area contributed by atoms with Crippen LogP contribution in [0.15, 0.2) is 48.5 Å². The molecule has 0 unspecified atom stereocenters. The highest BCUT2D eigenvalue weighted by Gasteiger charge is 2.32. The van der Waals surface area contributed by atoms with E-state index in [9.17, 15) is 4.79 Å². The molecule has 0 bridgehead atoms. The van der Waals surface area contributed by atoms with Crippen LogP contribution in [0.1, 0.15) is 29.9 Å². The first-order valence-corrected chi connectivity index (χ1v) is 9.15. The highest BCUT2D eigenvalue weighted by Crippen LogP contribution is 2.44. The second kappa shape index (κ2) is 6.52. The first-order valence-electron chi connectivity index (χ1n) is 8.52. The van der Waals surface area contributed by atoms with Gasteiger partial charge in [0.05, 0.1) is 0 Å². The third-order valence-corrected chi connectivity index (χ3v) is 5.58. The van der Waals surface area contributed by atoms with Crippen molar-refractivity contribution in [1.29, 1.82) is 0 Å². The predicted octanol–water partition coefficient (Wildman–Crippen LogP) is 4.33. The summed E-state index contributed by atoms with van der Waals surface area (Å²) in [4.78, 5) is 14.3. The average Bonchev–Trinajstić information content (AvgIpc) is 3.22. The minimum Gasteiger partial charge on any atom is -0.448 e. The number of likely N-dealkylation sites (tertiary alicyclic amines) is 1. The van der Waals surface area contributed by atoms with Crippen LogP contribution in [-0.2, 0) is 4.74 Å². The largest absolute Gasteiger partial charge is 0.448 e. The highest BCUT2D eigenvalue weighted by atomic mass is 32.1. The van der Waals surface area contributed by atoms with Crippen molar-refractivity contribution in [3.05, 3.63) is 59.7 Å². The first kappa shape index (κ1) is 15.6. The molecule has 24 heavy (non-hydrogen) atoms. The molecule has 1 aliphatic heterocycles. The van der Waals surface area contributed by atoms with E-state index < -0.39 is 0 Å². The van der Waals surface area contributed by atoms with Gasteiger partial charge in [0.1, 0.15) is 6.61 Å². The number of thiol groups is 1. The molecule has 0 radical (unpaired) electrons. The lowest BCUT2D eigenvalue weighted by Crippen LogP contribution is -2.37. The fourth-order valence-electron chi connectivity index (χ4n) is 3.94. The molecule has 2 aliphatic rings. The van der Waals surface area contributed by atoms with Crippen molar-refractivity contribution in [3.63, 3.8) is 0 Å². The number of nitrogens with zero attached hydrogens (tertiary/aromatic N) is 1. The van der Waals surface area contributed by atoms with Crippen LogP contribution < -0.4 is 0 Å². The second-order valence-electron chi connectivity index (χ2n) is 6.48. The van der Waals surface area contributed by atoms with Gasteiger partial charge in [0.15, 0.2) is 0 Å². The average molecular weight is 339 g/mol. The lowest BCUT2D eigenvalue weighted by atomic mass is 9.98. The zero-order chi connectivity index (χ0) is 16.5. The van der Waals surface area contributed by atoms with E-state index in [0.717, 1.165) is 19.4 Å². The monoisotopic (exact) mass is 339 g/mol. The fourth-order valence-corrected chi connectivity index (χ4v) is 4.32. The second-order valence-corrected chi connectivity index (χ2v) is 6.84. The number of rotatable bonds is 3. The van der Waals surface area contributed by atoms with Crippen molar-refractivity contribution in [3.8, 4) is 11.1 Å². The molecule has 1 atom stereocenters. The Morgan fingerprint density at radius 3 is 2.33 bits per heavy atom. The maximum Gasteiger partial charge on any atom is 0.410 e. The van der Waals surface area contributed by atoms with Crippen LogP contribution in [0.3, 0.4) is 0 Å². The van der Waals surface area contributed by atoms with Crippen LogP contribution in [-0.4, -0.2) is 35.9 Å². The molecule has 0 N–H and O–H groups in total. The quantitative estimate of drug-likeness (QED) is 0.844. The Morgan fingerprint density at radius 1 is 1.08 bits per heavy atom. The first-order chi connectivity index (χ1) is 11.8. The lowest BCUT2D eigenvalue weighted by Gasteiger charge is -2.24. The molecule has 4 heteroatoms. The summed E-state index contributed by atoms with van der Waals surface area (Å²) in [5.74, 6) is 0.822. The molecule has 2 aromatic rings. The van der Waals surface area contributed by atoms with Crippen molar-refractivity contribution >= 4 is 18.7 Å². The van der Waals surface area contributed by atoms with Gasteiger partial charge >= 0.3 is 6.09 Å². The summed E-state index contributed by atoms with van der Waals surface area (Å²) in [6.45, 7) is 1.17. The number of carbonyl (C=O) groups is 1. The number of amides is 1. The number of ether oxygens (including phenoxy) is 1. The van der Waals surface area contributed by atoms with Gasteiger partial charge in [0, 0.05) is 24.3 Å². The number of hydrogen-bond donors (Lipinski definition) is 1. The Morgan fingerprint density at radius 2 is 1.71 bits per heavy atom. The molecule has 1 saturated heterocycles. The maximum absolute atomic E-state index is 12.5. The number of carbonyl (C=O) groups excluding carboxylic acids is 1. The molecule has 1 amide bonds. The minimum atomic E-state index is -0.201. The van der Waals surface area contributed by atoms with Crippen LogP contribution in [0.5, 0.6) is 0 Å². The van der Waals surface area contributed by atoms with Gasteiger partial charge < -0.3 is 9.64 Å². The maximum atomic E-state index is 12.5. The van der Waals surface area contributed by atoms with Crippen molar-refractivity contribution in [2.24, 2.45) is 0 Å². The third-order valence-electron chi connectivity index (χ3n) is 5.16. The van der Waals surface area contributed by atoms with Gasteiger partial charge in [-0.15, -0.1) is 0 Å². The SMILES string of the molecule is O=C(OCC1c2ccccc2-c2ccccc21)N1CCC[C@@H]1CS. The summed E-state index contributed by atoms with van der Waals surface area (Å²) in [7, 11) is 0. The van der Waals surface area contributed by atoms with Gasteiger partial charge in [-0.1, -0.05) is 48.5 Å². The van der Waals surface area contributed by atoms with E-state index in [0.29, 0.717) is 12.4 Å². The Kier molecular flexibility index (Phi) is 4.23.